The quantitative estimate of drug-likeness (QED) is 0.626. The Morgan fingerprint density at radius 1 is 0.875 bits per heavy atom. The maximum absolute atomic E-state index is 10.7. The van der Waals surface area contributed by atoms with Gasteiger partial charge in [0, 0.05) is 0 Å². The summed E-state index contributed by atoms with van der Waals surface area (Å²) < 4.78 is 5.54. The second kappa shape index (κ2) is 4.49. The first-order valence-electron chi connectivity index (χ1n) is 4.84. The minimum Gasteiger partial charge on any atom is -0.859 e. The average Bonchev–Trinajstić information content (AvgIpc) is 2.31. The van der Waals surface area contributed by atoms with E-state index in [2.05, 4.69) is 0 Å². The van der Waals surface area contributed by atoms with Crippen LogP contribution in [0.25, 0.3) is 0 Å². The summed E-state index contributed by atoms with van der Waals surface area (Å²) in [6, 6.07) is 15.9. The van der Waals surface area contributed by atoms with Gasteiger partial charge in [-0.1, -0.05) is 30.3 Å². The lowest BCUT2D eigenvalue weighted by Gasteiger charge is -2.09. The van der Waals surface area contributed by atoms with E-state index in [0.717, 1.165) is 5.75 Å². The van der Waals surface area contributed by atoms with Crippen LogP contribution >= 0.6 is 0 Å². The molecule has 0 aromatic heterocycles. The number of para-hydroxylation sites is 1. The number of hydrogen-bond acceptors (Lipinski definition) is 3. The van der Waals surface area contributed by atoms with Crippen molar-refractivity contribution in [1.82, 2.24) is 0 Å². The number of nitrogens with one attached hydrogen (secondary N) is 1. The van der Waals surface area contributed by atoms with Crippen molar-refractivity contribution in [3.8, 4) is 11.5 Å². The highest BCUT2D eigenvalue weighted by atomic mass is 16.5. The van der Waals surface area contributed by atoms with E-state index in [9.17, 15) is 5.11 Å². The zero-order valence-corrected chi connectivity index (χ0v) is 8.51. The third-order valence-electron chi connectivity index (χ3n) is 2.10. The van der Waals surface area contributed by atoms with E-state index in [4.69, 9.17) is 10.1 Å². The van der Waals surface area contributed by atoms with E-state index in [0.29, 0.717) is 11.3 Å². The zero-order valence-electron chi connectivity index (χ0n) is 8.51. The molecule has 0 spiro atoms. The van der Waals surface area contributed by atoms with Crippen LogP contribution in [-0.4, -0.2) is 5.90 Å². The Balaban J connectivity index is 2.14. The van der Waals surface area contributed by atoms with E-state index in [1.165, 1.54) is 0 Å². The lowest BCUT2D eigenvalue weighted by Crippen LogP contribution is -2.16. The lowest BCUT2D eigenvalue weighted by molar-refractivity contribution is -0.214. The SMILES string of the molecule is N=C([O-])c1ccc(Oc2ccccc2)cc1. The first kappa shape index (κ1) is 10.2. The molecule has 0 amide bonds. The van der Waals surface area contributed by atoms with Gasteiger partial charge >= 0.3 is 0 Å². The van der Waals surface area contributed by atoms with Gasteiger partial charge in [-0.25, -0.2) is 0 Å². The molecule has 0 saturated carbocycles. The van der Waals surface area contributed by atoms with Crippen LogP contribution in [-0.2, 0) is 0 Å². The van der Waals surface area contributed by atoms with Gasteiger partial charge < -0.3 is 15.3 Å². The Morgan fingerprint density at radius 2 is 1.44 bits per heavy atom. The minimum atomic E-state index is -0.689. The zero-order chi connectivity index (χ0) is 11.4. The van der Waals surface area contributed by atoms with E-state index in [-0.39, 0.29) is 0 Å². The van der Waals surface area contributed by atoms with Gasteiger partial charge in [0.05, 0.1) is 0 Å². The van der Waals surface area contributed by atoms with Crippen molar-refractivity contribution < 1.29 is 9.84 Å². The maximum atomic E-state index is 10.7. The predicted molar refractivity (Wildman–Crippen MR) is 59.8 cm³/mol. The van der Waals surface area contributed by atoms with Crippen LogP contribution in [0, 0.1) is 5.41 Å². The smallest absolute Gasteiger partial charge is 0.127 e. The fourth-order valence-corrected chi connectivity index (χ4v) is 1.30. The molecular weight excluding hydrogens is 202 g/mol. The number of benzene rings is 2. The maximum Gasteiger partial charge on any atom is 0.127 e. The van der Waals surface area contributed by atoms with E-state index >= 15 is 0 Å². The topological polar surface area (TPSA) is 56.1 Å². The summed E-state index contributed by atoms with van der Waals surface area (Å²) in [7, 11) is 0. The van der Waals surface area contributed by atoms with Gasteiger partial charge in [0.15, 0.2) is 0 Å². The largest absolute Gasteiger partial charge is 0.859 e. The molecule has 80 valence electrons. The molecule has 1 N–H and O–H groups in total. The minimum absolute atomic E-state index is 0.361. The fraction of sp³-hybridized carbons (Fsp3) is 0. The van der Waals surface area contributed by atoms with Crippen LogP contribution < -0.4 is 9.84 Å². The molecule has 0 saturated heterocycles. The van der Waals surface area contributed by atoms with Crippen molar-refractivity contribution in [3.05, 3.63) is 60.2 Å². The third kappa shape index (κ3) is 2.39. The Kier molecular flexibility index (Phi) is 2.87. The van der Waals surface area contributed by atoms with Gasteiger partial charge in [0.1, 0.15) is 11.5 Å². The molecule has 0 aliphatic rings. The molecule has 0 aliphatic carbocycles. The van der Waals surface area contributed by atoms with Crippen molar-refractivity contribution in [2.24, 2.45) is 0 Å². The highest BCUT2D eigenvalue weighted by molar-refractivity contribution is 5.87. The summed E-state index contributed by atoms with van der Waals surface area (Å²) in [5.41, 5.74) is 0.361. The molecule has 0 heterocycles. The Morgan fingerprint density at radius 3 is 2.00 bits per heavy atom. The van der Waals surface area contributed by atoms with Crippen molar-refractivity contribution in [1.29, 1.82) is 5.41 Å². The summed E-state index contributed by atoms with van der Waals surface area (Å²) >= 11 is 0. The molecule has 2 aromatic carbocycles. The van der Waals surface area contributed by atoms with Crippen LogP contribution in [0.2, 0.25) is 0 Å². The van der Waals surface area contributed by atoms with Gasteiger partial charge in [-0.3, -0.25) is 0 Å². The molecule has 0 fully saturated rings. The number of ether oxygens (including phenoxy) is 1. The van der Waals surface area contributed by atoms with Gasteiger partial charge in [0.25, 0.3) is 0 Å². The van der Waals surface area contributed by atoms with Crippen molar-refractivity contribution in [2.45, 2.75) is 0 Å². The predicted octanol–water partition coefficient (Wildman–Crippen LogP) is 2.16. The molecule has 0 unspecified atom stereocenters. The van der Waals surface area contributed by atoms with Gasteiger partial charge in [-0.2, -0.15) is 0 Å². The number of hydrogen-bond donors (Lipinski definition) is 1. The highest BCUT2D eigenvalue weighted by Crippen LogP contribution is 2.20. The molecule has 0 aliphatic heterocycles. The first-order valence-corrected chi connectivity index (χ1v) is 4.84. The number of rotatable bonds is 3. The van der Waals surface area contributed by atoms with Gasteiger partial charge in [-0.05, 0) is 35.7 Å². The van der Waals surface area contributed by atoms with Crippen molar-refractivity contribution >= 4 is 5.90 Å². The summed E-state index contributed by atoms with van der Waals surface area (Å²) in [5, 5.41) is 17.7. The molecule has 0 radical (unpaired) electrons. The molecule has 3 heteroatoms. The summed E-state index contributed by atoms with van der Waals surface area (Å²) in [5.74, 6) is 0.704. The van der Waals surface area contributed by atoms with Crippen LogP contribution in [0.4, 0.5) is 0 Å². The first-order chi connectivity index (χ1) is 7.75. The Hall–Kier alpha value is -2.29. The molecule has 0 bridgehead atoms. The van der Waals surface area contributed by atoms with Crippen LogP contribution in [0.5, 0.6) is 11.5 Å². The van der Waals surface area contributed by atoms with Crippen molar-refractivity contribution in [3.63, 3.8) is 0 Å². The standard InChI is InChI=1S/C13H11NO2/c14-13(15)10-6-8-12(9-7-10)16-11-4-2-1-3-5-11/h1-9H,(H2,14,15)/p-1. The lowest BCUT2D eigenvalue weighted by atomic mass is 10.2. The monoisotopic (exact) mass is 212 g/mol. The molecule has 16 heavy (non-hydrogen) atoms. The van der Waals surface area contributed by atoms with E-state index in [1.807, 2.05) is 30.3 Å². The van der Waals surface area contributed by atoms with E-state index in [1.54, 1.807) is 24.3 Å². The van der Waals surface area contributed by atoms with Gasteiger partial charge in [-0.15, -0.1) is 0 Å². The van der Waals surface area contributed by atoms with E-state index < -0.39 is 5.90 Å². The molecular formula is C13H10NO2-. The summed E-state index contributed by atoms with van der Waals surface area (Å²) in [6.07, 6.45) is 0. The second-order valence-corrected chi connectivity index (χ2v) is 3.27. The normalized spacial score (nSPS) is 9.75. The molecule has 0 atom stereocenters. The Labute approximate surface area is 93.4 Å². The second-order valence-electron chi connectivity index (χ2n) is 3.27. The van der Waals surface area contributed by atoms with Crippen molar-refractivity contribution in [2.75, 3.05) is 0 Å². The average molecular weight is 212 g/mol. The molecule has 2 aromatic rings. The van der Waals surface area contributed by atoms with Crippen LogP contribution in [0.3, 0.4) is 0 Å². The molecule has 2 rings (SSSR count). The Bertz CT molecular complexity index is 477. The highest BCUT2D eigenvalue weighted by Gasteiger charge is 1.96. The van der Waals surface area contributed by atoms with Crippen LogP contribution in [0.15, 0.2) is 54.6 Å². The van der Waals surface area contributed by atoms with Gasteiger partial charge in [0.2, 0.25) is 0 Å². The van der Waals surface area contributed by atoms with Crippen LogP contribution in [0.1, 0.15) is 5.56 Å². The third-order valence-corrected chi connectivity index (χ3v) is 2.10. The fourth-order valence-electron chi connectivity index (χ4n) is 1.30. The summed E-state index contributed by atoms with van der Waals surface area (Å²) in [4.78, 5) is 0. The molecule has 3 nitrogen and oxygen atoms in total. The summed E-state index contributed by atoms with van der Waals surface area (Å²) in [6.45, 7) is 0.